The molecule has 2 aromatic rings. The van der Waals surface area contributed by atoms with Gasteiger partial charge in [-0.1, -0.05) is 18.2 Å². The van der Waals surface area contributed by atoms with Crippen LogP contribution in [0.25, 0.3) is 0 Å². The van der Waals surface area contributed by atoms with Crippen molar-refractivity contribution < 1.29 is 19.4 Å². The van der Waals surface area contributed by atoms with Crippen LogP contribution < -0.4 is 15.0 Å². The molecule has 0 aromatic heterocycles. The second-order valence-corrected chi connectivity index (χ2v) is 5.57. The molecule has 0 saturated carbocycles. The fourth-order valence-electron chi connectivity index (χ4n) is 2.61. The van der Waals surface area contributed by atoms with E-state index in [-0.39, 0.29) is 30.5 Å². The van der Waals surface area contributed by atoms with Crippen molar-refractivity contribution in [3.63, 3.8) is 0 Å². The van der Waals surface area contributed by atoms with Crippen molar-refractivity contribution in [1.82, 2.24) is 0 Å². The Bertz CT molecular complexity index is 775. The summed E-state index contributed by atoms with van der Waals surface area (Å²) in [6, 6.07) is 13.6. The van der Waals surface area contributed by atoms with Crippen molar-refractivity contribution in [2.75, 3.05) is 16.8 Å². The van der Waals surface area contributed by atoms with Crippen LogP contribution in [-0.2, 0) is 9.59 Å². The maximum atomic E-state index is 12.3. The summed E-state index contributed by atoms with van der Waals surface area (Å²) < 4.78 is 5.57. The predicted molar refractivity (Wildman–Crippen MR) is 90.2 cm³/mol. The lowest BCUT2D eigenvalue weighted by molar-refractivity contribution is -0.125. The van der Waals surface area contributed by atoms with Crippen LogP contribution in [0.3, 0.4) is 0 Å². The highest BCUT2D eigenvalue weighted by atomic mass is 16.5. The molecule has 1 aliphatic heterocycles. The normalized spacial score (nSPS) is 16.3. The molecule has 0 aliphatic carbocycles. The molecule has 1 unspecified atom stereocenters. The summed E-state index contributed by atoms with van der Waals surface area (Å²) in [4.78, 5) is 26.0. The maximum Gasteiger partial charge on any atom is 0.267 e. The van der Waals surface area contributed by atoms with Gasteiger partial charge < -0.3 is 20.1 Å². The predicted octanol–water partition coefficient (Wildman–Crippen LogP) is 2.53. The Hall–Kier alpha value is -3.02. The Morgan fingerprint density at radius 2 is 2.04 bits per heavy atom. The van der Waals surface area contributed by atoms with Crippen LogP contribution in [0, 0.1) is 0 Å². The Morgan fingerprint density at radius 3 is 2.83 bits per heavy atom. The minimum Gasteiger partial charge on any atom is -0.508 e. The molecule has 0 saturated heterocycles. The molecule has 6 heteroatoms. The van der Waals surface area contributed by atoms with Gasteiger partial charge >= 0.3 is 0 Å². The zero-order chi connectivity index (χ0) is 17.1. The van der Waals surface area contributed by atoms with E-state index in [9.17, 15) is 14.7 Å². The number of hydrogen-bond donors (Lipinski definition) is 2. The summed E-state index contributed by atoms with van der Waals surface area (Å²) in [5.41, 5.74) is 1.19. The van der Waals surface area contributed by atoms with Gasteiger partial charge in [0.1, 0.15) is 11.5 Å². The van der Waals surface area contributed by atoms with Crippen LogP contribution in [-0.4, -0.2) is 29.6 Å². The minimum absolute atomic E-state index is 0.0823. The quantitative estimate of drug-likeness (QED) is 0.905. The number of phenolic OH excluding ortho intramolecular Hbond substituents is 1. The first-order chi connectivity index (χ1) is 11.5. The number of amides is 2. The molecule has 0 fully saturated rings. The molecule has 124 valence electrons. The molecule has 2 N–H and O–H groups in total. The lowest BCUT2D eigenvalue weighted by atomic mass is 10.1. The summed E-state index contributed by atoms with van der Waals surface area (Å²) in [5, 5.41) is 12.1. The molecule has 1 aliphatic rings. The van der Waals surface area contributed by atoms with Crippen LogP contribution >= 0.6 is 0 Å². The van der Waals surface area contributed by atoms with E-state index in [1.807, 2.05) is 12.1 Å². The number of nitrogens with zero attached hydrogens (tertiary/aromatic N) is 1. The fourth-order valence-corrected chi connectivity index (χ4v) is 2.61. The highest BCUT2D eigenvalue weighted by molar-refractivity contribution is 6.00. The van der Waals surface area contributed by atoms with Crippen LogP contribution in [0.2, 0.25) is 0 Å². The Kier molecular flexibility index (Phi) is 4.37. The zero-order valence-corrected chi connectivity index (χ0v) is 13.2. The van der Waals surface area contributed by atoms with E-state index < -0.39 is 6.10 Å². The third-order valence-electron chi connectivity index (χ3n) is 3.77. The number of aromatic hydroxyl groups is 1. The maximum absolute atomic E-state index is 12.3. The van der Waals surface area contributed by atoms with Gasteiger partial charge in [0, 0.05) is 24.7 Å². The summed E-state index contributed by atoms with van der Waals surface area (Å²) in [7, 11) is 0. The van der Waals surface area contributed by atoms with Gasteiger partial charge in [-0.25, -0.2) is 0 Å². The van der Waals surface area contributed by atoms with Gasteiger partial charge in [0.25, 0.3) is 5.91 Å². The van der Waals surface area contributed by atoms with Gasteiger partial charge in [-0.3, -0.25) is 9.59 Å². The number of para-hydroxylation sites is 2. The number of carbonyl (C=O) groups is 2. The summed E-state index contributed by atoms with van der Waals surface area (Å²) in [5.74, 6) is 0.320. The lowest BCUT2D eigenvalue weighted by Crippen LogP contribution is -2.45. The van der Waals surface area contributed by atoms with E-state index >= 15 is 0 Å². The van der Waals surface area contributed by atoms with Crippen LogP contribution in [0.15, 0.2) is 48.5 Å². The number of nitrogens with one attached hydrogen (secondary N) is 1. The van der Waals surface area contributed by atoms with Gasteiger partial charge in [0.15, 0.2) is 6.10 Å². The smallest absolute Gasteiger partial charge is 0.267 e. The van der Waals surface area contributed by atoms with Crippen molar-refractivity contribution in [2.45, 2.75) is 19.4 Å². The molecule has 24 heavy (non-hydrogen) atoms. The summed E-state index contributed by atoms with van der Waals surface area (Å²) in [6.07, 6.45) is -0.434. The number of carbonyl (C=O) groups excluding carboxylic acids is 2. The largest absolute Gasteiger partial charge is 0.508 e. The van der Waals surface area contributed by atoms with Gasteiger partial charge in [0.05, 0.1) is 5.69 Å². The van der Waals surface area contributed by atoms with E-state index in [0.717, 1.165) is 0 Å². The number of hydrogen-bond acceptors (Lipinski definition) is 4. The Balaban J connectivity index is 1.67. The van der Waals surface area contributed by atoms with E-state index in [4.69, 9.17) is 4.74 Å². The number of benzene rings is 2. The minimum atomic E-state index is -0.575. The zero-order valence-electron chi connectivity index (χ0n) is 13.2. The van der Waals surface area contributed by atoms with Crippen molar-refractivity contribution >= 4 is 23.2 Å². The third kappa shape index (κ3) is 3.32. The number of fused-ring (bicyclic) bond motifs is 1. The van der Waals surface area contributed by atoms with Gasteiger partial charge in [-0.15, -0.1) is 0 Å². The highest BCUT2D eigenvalue weighted by Gasteiger charge is 2.31. The molecule has 0 bridgehead atoms. The summed E-state index contributed by atoms with van der Waals surface area (Å²) in [6.45, 7) is 1.95. The average molecular weight is 326 g/mol. The van der Waals surface area contributed by atoms with Crippen molar-refractivity contribution in [3.05, 3.63) is 48.5 Å². The van der Waals surface area contributed by atoms with E-state index in [2.05, 4.69) is 5.32 Å². The molecule has 1 heterocycles. The van der Waals surface area contributed by atoms with Gasteiger partial charge in [0.2, 0.25) is 5.91 Å². The molecular weight excluding hydrogens is 308 g/mol. The van der Waals surface area contributed by atoms with Crippen LogP contribution in [0.1, 0.15) is 13.3 Å². The fraction of sp³-hybridized carbons (Fsp3) is 0.222. The summed E-state index contributed by atoms with van der Waals surface area (Å²) >= 11 is 0. The van der Waals surface area contributed by atoms with E-state index in [0.29, 0.717) is 17.1 Å². The molecule has 3 rings (SSSR count). The van der Waals surface area contributed by atoms with Crippen molar-refractivity contribution in [3.8, 4) is 11.5 Å². The first-order valence-corrected chi connectivity index (χ1v) is 7.70. The highest BCUT2D eigenvalue weighted by Crippen LogP contribution is 2.33. The monoisotopic (exact) mass is 326 g/mol. The molecule has 2 aromatic carbocycles. The number of phenols is 1. The first kappa shape index (κ1) is 15.9. The number of ether oxygens (including phenoxy) is 1. The van der Waals surface area contributed by atoms with E-state index in [1.54, 1.807) is 36.1 Å². The Morgan fingerprint density at radius 1 is 1.25 bits per heavy atom. The molecular formula is C18H18N2O4. The van der Waals surface area contributed by atoms with Crippen molar-refractivity contribution in [1.29, 1.82) is 0 Å². The van der Waals surface area contributed by atoms with Crippen LogP contribution in [0.5, 0.6) is 11.5 Å². The van der Waals surface area contributed by atoms with Gasteiger partial charge in [-0.2, -0.15) is 0 Å². The number of rotatable bonds is 4. The first-order valence-electron chi connectivity index (χ1n) is 7.70. The third-order valence-corrected chi connectivity index (χ3v) is 3.77. The topological polar surface area (TPSA) is 78.9 Å². The lowest BCUT2D eigenvalue weighted by Gasteiger charge is -2.32. The van der Waals surface area contributed by atoms with Crippen LogP contribution in [0.4, 0.5) is 11.4 Å². The molecule has 0 spiro atoms. The molecule has 1 atom stereocenters. The SMILES string of the molecule is CC1Oc2ccccc2N(CCC(=O)Nc2cccc(O)c2)C1=O. The Labute approximate surface area is 139 Å². The second-order valence-electron chi connectivity index (χ2n) is 5.57. The molecule has 6 nitrogen and oxygen atoms in total. The van der Waals surface area contributed by atoms with E-state index in [1.165, 1.54) is 12.1 Å². The average Bonchev–Trinajstić information content (AvgIpc) is 2.55. The number of anilines is 2. The van der Waals surface area contributed by atoms with Gasteiger partial charge in [-0.05, 0) is 31.2 Å². The molecule has 0 radical (unpaired) electrons. The molecule has 2 amide bonds. The standard InChI is InChI=1S/C18H18N2O4/c1-12-18(23)20(15-7-2-3-8-16(15)24-12)10-9-17(22)19-13-5-4-6-14(21)11-13/h2-8,11-12,21H,9-10H2,1H3,(H,19,22). The second kappa shape index (κ2) is 6.62. The van der Waals surface area contributed by atoms with Crippen molar-refractivity contribution in [2.24, 2.45) is 0 Å².